The van der Waals surface area contributed by atoms with E-state index >= 15 is 0 Å². The van der Waals surface area contributed by atoms with Gasteiger partial charge in [0.1, 0.15) is 23.3 Å². The second-order valence-electron chi connectivity index (χ2n) is 5.96. The van der Waals surface area contributed by atoms with E-state index in [2.05, 4.69) is 4.98 Å². The number of methoxy groups -OCH3 is 1. The molecular weight excluding hydrogens is 358 g/mol. The first-order chi connectivity index (χ1) is 13.7. The molecule has 0 spiro atoms. The molecule has 0 atom stereocenters. The van der Waals surface area contributed by atoms with Gasteiger partial charge in [0, 0.05) is 24.0 Å². The van der Waals surface area contributed by atoms with Crippen molar-refractivity contribution in [2.45, 2.75) is 0 Å². The fourth-order valence-corrected chi connectivity index (χ4v) is 2.88. The van der Waals surface area contributed by atoms with Crippen molar-refractivity contribution in [3.05, 3.63) is 89.0 Å². The van der Waals surface area contributed by atoms with Crippen LogP contribution in [0.25, 0.3) is 22.1 Å². The largest absolute Gasteiger partial charge is 0.496 e. The molecule has 0 amide bonds. The molecular formula is C22H15NO5. The first-order valence-electron chi connectivity index (χ1n) is 8.48. The lowest BCUT2D eigenvalue weighted by molar-refractivity contribution is 0.0735. The molecule has 0 saturated heterocycles. The lowest BCUT2D eigenvalue weighted by Gasteiger charge is -2.09. The number of hydrogen-bond donors (Lipinski definition) is 0. The molecule has 4 aromatic rings. The quantitative estimate of drug-likeness (QED) is 0.396. The average Bonchev–Trinajstić information content (AvgIpc) is 2.74. The van der Waals surface area contributed by atoms with E-state index in [1.54, 1.807) is 43.5 Å². The van der Waals surface area contributed by atoms with Crippen LogP contribution in [0.5, 0.6) is 11.5 Å². The Morgan fingerprint density at radius 3 is 2.57 bits per heavy atom. The SMILES string of the molecule is COc1ccccc1-c1coc2cc(OC(=O)c3ccncc3)ccc2c1=O. The second kappa shape index (κ2) is 7.36. The van der Waals surface area contributed by atoms with Gasteiger partial charge in [-0.25, -0.2) is 4.79 Å². The van der Waals surface area contributed by atoms with Gasteiger partial charge in [0.15, 0.2) is 0 Å². The molecule has 0 aliphatic carbocycles. The minimum atomic E-state index is -0.519. The smallest absolute Gasteiger partial charge is 0.343 e. The van der Waals surface area contributed by atoms with Crippen LogP contribution in [0.15, 0.2) is 82.5 Å². The summed E-state index contributed by atoms with van der Waals surface area (Å²) >= 11 is 0. The molecule has 0 saturated carbocycles. The monoisotopic (exact) mass is 373 g/mol. The molecule has 0 unspecified atom stereocenters. The third kappa shape index (κ3) is 3.23. The van der Waals surface area contributed by atoms with E-state index in [4.69, 9.17) is 13.9 Å². The summed E-state index contributed by atoms with van der Waals surface area (Å²) in [6, 6.07) is 15.0. The van der Waals surface area contributed by atoms with Gasteiger partial charge in [-0.15, -0.1) is 0 Å². The standard InChI is InChI=1S/C22H15NO5/c1-26-19-5-3-2-4-16(19)18-13-27-20-12-15(6-7-17(20)21(18)24)28-22(25)14-8-10-23-11-9-14/h2-13H,1H3. The lowest BCUT2D eigenvalue weighted by atomic mass is 10.0. The number of rotatable bonds is 4. The first kappa shape index (κ1) is 17.5. The Morgan fingerprint density at radius 2 is 1.79 bits per heavy atom. The molecule has 6 heteroatoms. The summed E-state index contributed by atoms with van der Waals surface area (Å²) in [6.45, 7) is 0. The molecule has 2 heterocycles. The van der Waals surface area contributed by atoms with Crippen molar-refractivity contribution in [3.8, 4) is 22.6 Å². The van der Waals surface area contributed by atoms with Gasteiger partial charge in [0.05, 0.1) is 23.6 Å². The molecule has 0 radical (unpaired) electrons. The van der Waals surface area contributed by atoms with Crippen LogP contribution in [0, 0.1) is 0 Å². The minimum Gasteiger partial charge on any atom is -0.496 e. The van der Waals surface area contributed by atoms with Crippen LogP contribution in [0.4, 0.5) is 0 Å². The molecule has 138 valence electrons. The summed E-state index contributed by atoms with van der Waals surface area (Å²) in [5.41, 5.74) is 1.55. The zero-order valence-corrected chi connectivity index (χ0v) is 14.9. The van der Waals surface area contributed by atoms with Gasteiger partial charge in [0.25, 0.3) is 0 Å². The Hall–Kier alpha value is -3.93. The molecule has 28 heavy (non-hydrogen) atoms. The highest BCUT2D eigenvalue weighted by Crippen LogP contribution is 2.29. The maximum atomic E-state index is 12.9. The van der Waals surface area contributed by atoms with Crippen LogP contribution in [0.3, 0.4) is 0 Å². The number of pyridine rings is 1. The van der Waals surface area contributed by atoms with Crippen LogP contribution >= 0.6 is 0 Å². The molecule has 0 N–H and O–H groups in total. The number of nitrogens with zero attached hydrogens (tertiary/aromatic N) is 1. The average molecular weight is 373 g/mol. The zero-order chi connectivity index (χ0) is 19.5. The highest BCUT2D eigenvalue weighted by molar-refractivity contribution is 5.91. The number of aromatic nitrogens is 1. The Bertz CT molecular complexity index is 1210. The van der Waals surface area contributed by atoms with Crippen molar-refractivity contribution in [2.75, 3.05) is 7.11 Å². The van der Waals surface area contributed by atoms with Crippen molar-refractivity contribution in [1.29, 1.82) is 0 Å². The number of benzene rings is 2. The van der Waals surface area contributed by atoms with Gasteiger partial charge in [-0.1, -0.05) is 18.2 Å². The van der Waals surface area contributed by atoms with E-state index < -0.39 is 5.97 Å². The highest BCUT2D eigenvalue weighted by Gasteiger charge is 2.14. The Morgan fingerprint density at radius 1 is 1.00 bits per heavy atom. The number of esters is 1. The molecule has 0 aliphatic heterocycles. The number of hydrogen-bond acceptors (Lipinski definition) is 6. The van der Waals surface area contributed by atoms with Crippen molar-refractivity contribution < 1.29 is 18.7 Å². The maximum Gasteiger partial charge on any atom is 0.343 e. The van der Waals surface area contributed by atoms with Crippen LogP contribution in [-0.4, -0.2) is 18.1 Å². The van der Waals surface area contributed by atoms with Crippen LogP contribution in [0.2, 0.25) is 0 Å². The molecule has 2 aromatic heterocycles. The highest BCUT2D eigenvalue weighted by atomic mass is 16.5. The van der Waals surface area contributed by atoms with Gasteiger partial charge in [0.2, 0.25) is 5.43 Å². The number of fused-ring (bicyclic) bond motifs is 1. The van der Waals surface area contributed by atoms with Crippen LogP contribution in [-0.2, 0) is 0 Å². The maximum absolute atomic E-state index is 12.9. The molecule has 2 aromatic carbocycles. The Labute approximate surface area is 160 Å². The summed E-state index contributed by atoms with van der Waals surface area (Å²) < 4.78 is 16.3. The normalized spacial score (nSPS) is 10.6. The predicted molar refractivity (Wildman–Crippen MR) is 104 cm³/mol. The third-order valence-corrected chi connectivity index (χ3v) is 4.27. The van der Waals surface area contributed by atoms with Crippen LogP contribution in [0.1, 0.15) is 10.4 Å². The van der Waals surface area contributed by atoms with Gasteiger partial charge >= 0.3 is 5.97 Å². The number of carbonyl (C=O) groups excluding carboxylic acids is 1. The molecule has 4 rings (SSSR count). The second-order valence-corrected chi connectivity index (χ2v) is 5.96. The van der Waals surface area contributed by atoms with Crippen molar-refractivity contribution in [1.82, 2.24) is 4.98 Å². The van der Waals surface area contributed by atoms with Crippen molar-refractivity contribution in [3.63, 3.8) is 0 Å². The van der Waals surface area contributed by atoms with E-state index in [0.29, 0.717) is 33.4 Å². The number of carbonyl (C=O) groups is 1. The van der Waals surface area contributed by atoms with Gasteiger partial charge in [-0.3, -0.25) is 9.78 Å². The van der Waals surface area contributed by atoms with Crippen LogP contribution < -0.4 is 14.9 Å². The van der Waals surface area contributed by atoms with E-state index in [0.717, 1.165) is 0 Å². The molecule has 0 fully saturated rings. The Kier molecular flexibility index (Phi) is 4.60. The van der Waals surface area contributed by atoms with Crippen molar-refractivity contribution in [2.24, 2.45) is 0 Å². The lowest BCUT2D eigenvalue weighted by Crippen LogP contribution is -2.09. The van der Waals surface area contributed by atoms with Gasteiger partial charge in [-0.2, -0.15) is 0 Å². The fourth-order valence-electron chi connectivity index (χ4n) is 2.88. The van der Waals surface area contributed by atoms with Gasteiger partial charge < -0.3 is 13.9 Å². The molecule has 0 bridgehead atoms. The summed E-state index contributed by atoms with van der Waals surface area (Å²) in [7, 11) is 1.55. The van der Waals surface area contributed by atoms with E-state index in [-0.39, 0.29) is 11.2 Å². The Balaban J connectivity index is 1.71. The fraction of sp³-hybridized carbons (Fsp3) is 0.0455. The topological polar surface area (TPSA) is 78.6 Å². The molecule has 0 aliphatic rings. The minimum absolute atomic E-state index is 0.197. The number of ether oxygens (including phenoxy) is 2. The van der Waals surface area contributed by atoms with E-state index in [9.17, 15) is 9.59 Å². The molecule has 6 nitrogen and oxygen atoms in total. The third-order valence-electron chi connectivity index (χ3n) is 4.27. The van der Waals surface area contributed by atoms with E-state index in [1.807, 2.05) is 12.1 Å². The summed E-state index contributed by atoms with van der Waals surface area (Å²) in [6.07, 6.45) is 4.40. The first-order valence-corrected chi connectivity index (χ1v) is 8.48. The van der Waals surface area contributed by atoms with Crippen molar-refractivity contribution >= 4 is 16.9 Å². The number of para-hydroxylation sites is 1. The van der Waals surface area contributed by atoms with E-state index in [1.165, 1.54) is 24.7 Å². The summed E-state index contributed by atoms with van der Waals surface area (Å²) in [4.78, 5) is 29.0. The predicted octanol–water partition coefficient (Wildman–Crippen LogP) is 4.08. The van der Waals surface area contributed by atoms with Gasteiger partial charge in [-0.05, 0) is 30.3 Å². The summed E-state index contributed by atoms with van der Waals surface area (Å²) in [5.74, 6) is 0.342. The summed E-state index contributed by atoms with van der Waals surface area (Å²) in [5, 5.41) is 0.382. The zero-order valence-electron chi connectivity index (χ0n) is 14.9.